The van der Waals surface area contributed by atoms with Crippen molar-refractivity contribution in [2.45, 2.75) is 13.8 Å². The molecule has 0 unspecified atom stereocenters. The number of nitro groups is 1. The molecule has 108 valence electrons. The van der Waals surface area contributed by atoms with Crippen LogP contribution >= 0.6 is 0 Å². The molecular weight excluding hydrogens is 268 g/mol. The Labute approximate surface area is 123 Å². The Morgan fingerprint density at radius 3 is 2.33 bits per heavy atom. The molecule has 0 aliphatic carbocycles. The zero-order chi connectivity index (χ0) is 15.4. The lowest BCUT2D eigenvalue weighted by atomic mass is 10.1. The van der Waals surface area contributed by atoms with Crippen molar-refractivity contribution in [2.75, 3.05) is 11.4 Å². The maximum absolute atomic E-state index is 11.5. The number of carbonyl (C=O) groups excluding carboxylic acids is 1. The van der Waals surface area contributed by atoms with Gasteiger partial charge in [0.1, 0.15) is 0 Å². The van der Waals surface area contributed by atoms with E-state index >= 15 is 0 Å². The zero-order valence-electron chi connectivity index (χ0n) is 11.9. The summed E-state index contributed by atoms with van der Waals surface area (Å²) in [5.74, 6) is -0.309. The highest BCUT2D eigenvalue weighted by Gasteiger charge is 2.19. The molecule has 0 bridgehead atoms. The van der Waals surface area contributed by atoms with Gasteiger partial charge in [-0.1, -0.05) is 18.2 Å². The van der Waals surface area contributed by atoms with Crippen LogP contribution in [0.2, 0.25) is 0 Å². The summed E-state index contributed by atoms with van der Waals surface area (Å²) in [6.07, 6.45) is 0. The van der Waals surface area contributed by atoms with Crippen LogP contribution in [0.25, 0.3) is 0 Å². The van der Waals surface area contributed by atoms with Gasteiger partial charge in [-0.15, -0.1) is 0 Å². The Hall–Kier alpha value is -2.69. The summed E-state index contributed by atoms with van der Waals surface area (Å²) >= 11 is 0. The van der Waals surface area contributed by atoms with Crippen molar-refractivity contribution in [1.29, 1.82) is 0 Å². The molecule has 2 aromatic carbocycles. The summed E-state index contributed by atoms with van der Waals surface area (Å²) in [5.41, 5.74) is 1.62. The molecule has 0 aliphatic heterocycles. The molecule has 21 heavy (non-hydrogen) atoms. The monoisotopic (exact) mass is 284 g/mol. The second kappa shape index (κ2) is 6.17. The third kappa shape index (κ3) is 3.08. The Balaban J connectivity index is 2.51. The van der Waals surface area contributed by atoms with E-state index in [9.17, 15) is 14.9 Å². The van der Waals surface area contributed by atoms with Gasteiger partial charge in [-0.2, -0.15) is 0 Å². The minimum absolute atomic E-state index is 0.132. The van der Waals surface area contributed by atoms with Crippen LogP contribution in [0.15, 0.2) is 48.5 Å². The molecular formula is C16H16N2O3. The third-order valence-corrected chi connectivity index (χ3v) is 3.25. The summed E-state index contributed by atoms with van der Waals surface area (Å²) in [6, 6.07) is 14.3. The Bertz CT molecular complexity index is 668. The number of benzene rings is 2. The molecule has 0 saturated carbocycles. The van der Waals surface area contributed by atoms with Crippen molar-refractivity contribution in [2.24, 2.45) is 0 Å². The highest BCUT2D eigenvalue weighted by molar-refractivity contribution is 5.98. The zero-order valence-corrected chi connectivity index (χ0v) is 11.9. The van der Waals surface area contributed by atoms with E-state index in [1.54, 1.807) is 6.07 Å². The van der Waals surface area contributed by atoms with Gasteiger partial charge in [0, 0.05) is 24.0 Å². The van der Waals surface area contributed by atoms with Crippen LogP contribution in [0, 0.1) is 10.1 Å². The maximum Gasteiger partial charge on any atom is 0.282 e. The van der Waals surface area contributed by atoms with Crippen molar-refractivity contribution < 1.29 is 9.72 Å². The molecule has 0 amide bonds. The van der Waals surface area contributed by atoms with Gasteiger partial charge in [0.05, 0.1) is 10.5 Å². The fourth-order valence-electron chi connectivity index (χ4n) is 2.26. The van der Waals surface area contributed by atoms with Crippen molar-refractivity contribution in [3.63, 3.8) is 0 Å². The van der Waals surface area contributed by atoms with E-state index in [1.165, 1.54) is 19.1 Å². The molecule has 2 aromatic rings. The highest BCUT2D eigenvalue weighted by atomic mass is 16.6. The molecule has 0 aliphatic rings. The number of hydrogen-bond donors (Lipinski definition) is 0. The molecule has 5 nitrogen and oxygen atoms in total. The van der Waals surface area contributed by atoms with Crippen LogP contribution in [0.4, 0.5) is 17.1 Å². The number of hydrogen-bond acceptors (Lipinski definition) is 4. The lowest BCUT2D eigenvalue weighted by Gasteiger charge is -2.23. The molecule has 0 heterocycles. The van der Waals surface area contributed by atoms with Crippen molar-refractivity contribution in [1.82, 2.24) is 0 Å². The minimum atomic E-state index is -0.515. The van der Waals surface area contributed by atoms with Crippen molar-refractivity contribution >= 4 is 22.8 Å². The standard InChI is InChI=1S/C16H16N2O3/c1-3-17(13-7-5-4-6-8-13)14-9-10-15(12(2)19)16(11-14)18(20)21/h4-11H,3H2,1-2H3. The number of nitro benzene ring substituents is 1. The molecule has 0 aromatic heterocycles. The second-order valence-electron chi connectivity index (χ2n) is 4.59. The molecule has 0 atom stereocenters. The number of rotatable bonds is 5. The summed E-state index contributed by atoms with van der Waals surface area (Å²) in [5, 5.41) is 11.2. The number of para-hydroxylation sites is 1. The summed E-state index contributed by atoms with van der Waals surface area (Å²) in [6.45, 7) is 3.97. The van der Waals surface area contributed by atoms with Gasteiger partial charge < -0.3 is 4.90 Å². The summed E-state index contributed by atoms with van der Waals surface area (Å²) in [7, 11) is 0. The molecule has 0 N–H and O–H groups in total. The number of Topliss-reactive ketones (excluding diaryl/α,β-unsaturated/α-hetero) is 1. The third-order valence-electron chi connectivity index (χ3n) is 3.25. The van der Waals surface area contributed by atoms with E-state index in [4.69, 9.17) is 0 Å². The van der Waals surface area contributed by atoms with Gasteiger partial charge in [-0.3, -0.25) is 14.9 Å². The van der Waals surface area contributed by atoms with Crippen LogP contribution < -0.4 is 4.90 Å². The average Bonchev–Trinajstić information content (AvgIpc) is 2.48. The van der Waals surface area contributed by atoms with E-state index in [2.05, 4.69) is 0 Å². The average molecular weight is 284 g/mol. The SMILES string of the molecule is CCN(c1ccccc1)c1ccc(C(C)=O)c([N+](=O)[O-])c1. The largest absolute Gasteiger partial charge is 0.342 e. The van der Waals surface area contributed by atoms with E-state index in [-0.39, 0.29) is 17.0 Å². The fourth-order valence-corrected chi connectivity index (χ4v) is 2.26. The van der Waals surface area contributed by atoms with E-state index in [0.29, 0.717) is 12.2 Å². The second-order valence-corrected chi connectivity index (χ2v) is 4.59. The van der Waals surface area contributed by atoms with Gasteiger partial charge in [0.2, 0.25) is 0 Å². The van der Waals surface area contributed by atoms with Crippen molar-refractivity contribution in [3.8, 4) is 0 Å². The van der Waals surface area contributed by atoms with Crippen LogP contribution in [0.5, 0.6) is 0 Å². The lowest BCUT2D eigenvalue weighted by Crippen LogP contribution is -2.16. The Morgan fingerprint density at radius 2 is 1.81 bits per heavy atom. The topological polar surface area (TPSA) is 63.5 Å². The number of ketones is 1. The van der Waals surface area contributed by atoms with Gasteiger partial charge >= 0.3 is 0 Å². The first-order chi connectivity index (χ1) is 10.0. The van der Waals surface area contributed by atoms with Crippen LogP contribution in [0.3, 0.4) is 0 Å². The van der Waals surface area contributed by atoms with E-state index in [0.717, 1.165) is 5.69 Å². The molecule has 0 radical (unpaired) electrons. The fraction of sp³-hybridized carbons (Fsp3) is 0.188. The van der Waals surface area contributed by atoms with Gasteiger partial charge in [0.25, 0.3) is 5.69 Å². The Kier molecular flexibility index (Phi) is 4.33. The molecule has 0 spiro atoms. The van der Waals surface area contributed by atoms with Crippen molar-refractivity contribution in [3.05, 3.63) is 64.2 Å². The van der Waals surface area contributed by atoms with E-state index in [1.807, 2.05) is 42.2 Å². The molecule has 2 rings (SSSR count). The molecule has 5 heteroatoms. The first-order valence-corrected chi connectivity index (χ1v) is 6.66. The normalized spacial score (nSPS) is 10.2. The number of anilines is 2. The first-order valence-electron chi connectivity index (χ1n) is 6.66. The van der Waals surface area contributed by atoms with Gasteiger partial charge in [-0.25, -0.2) is 0 Å². The van der Waals surface area contributed by atoms with Gasteiger partial charge in [-0.05, 0) is 38.1 Å². The molecule has 0 saturated heterocycles. The highest BCUT2D eigenvalue weighted by Crippen LogP contribution is 2.30. The first kappa shape index (κ1) is 14.7. The number of nitrogens with zero attached hydrogens (tertiary/aromatic N) is 2. The predicted molar refractivity (Wildman–Crippen MR) is 82.2 cm³/mol. The smallest absolute Gasteiger partial charge is 0.282 e. The lowest BCUT2D eigenvalue weighted by molar-refractivity contribution is -0.385. The minimum Gasteiger partial charge on any atom is -0.342 e. The summed E-state index contributed by atoms with van der Waals surface area (Å²) in [4.78, 5) is 24.1. The van der Waals surface area contributed by atoms with E-state index < -0.39 is 4.92 Å². The van der Waals surface area contributed by atoms with Gasteiger partial charge in [0.15, 0.2) is 5.78 Å². The predicted octanol–water partition coefficient (Wildman–Crippen LogP) is 3.96. The van der Waals surface area contributed by atoms with Crippen LogP contribution in [-0.4, -0.2) is 17.3 Å². The maximum atomic E-state index is 11.5. The molecule has 0 fully saturated rings. The summed E-state index contributed by atoms with van der Waals surface area (Å²) < 4.78 is 0. The van der Waals surface area contributed by atoms with Crippen LogP contribution in [-0.2, 0) is 0 Å². The van der Waals surface area contributed by atoms with Crippen LogP contribution in [0.1, 0.15) is 24.2 Å². The quantitative estimate of drug-likeness (QED) is 0.473. The number of carbonyl (C=O) groups is 1. The Morgan fingerprint density at radius 1 is 1.14 bits per heavy atom.